The molecule has 0 radical (unpaired) electrons. The van der Waals surface area contributed by atoms with E-state index in [1.54, 1.807) is 0 Å². The van der Waals surface area contributed by atoms with Crippen LogP contribution in [0.4, 0.5) is 0 Å². The van der Waals surface area contributed by atoms with Crippen LogP contribution in [0.15, 0.2) is 0 Å². The van der Waals surface area contributed by atoms with Crippen molar-refractivity contribution in [2.24, 2.45) is 0 Å². The molecule has 0 saturated heterocycles. The van der Waals surface area contributed by atoms with Crippen LogP contribution in [0.3, 0.4) is 0 Å². The van der Waals surface area contributed by atoms with Crippen LogP contribution in [-0.4, -0.2) is 27.3 Å². The molecule has 2 N–H and O–H groups in total. The van der Waals surface area contributed by atoms with Crippen LogP contribution in [0.25, 0.3) is 0 Å². The van der Waals surface area contributed by atoms with Crippen molar-refractivity contribution in [1.29, 1.82) is 0 Å². The van der Waals surface area contributed by atoms with Crippen LogP contribution in [0.5, 0.6) is 0 Å². The lowest BCUT2D eigenvalue weighted by Crippen LogP contribution is -2.31. The summed E-state index contributed by atoms with van der Waals surface area (Å²) in [5.41, 5.74) is 0. The quantitative estimate of drug-likeness (QED) is 0.577. The van der Waals surface area contributed by atoms with E-state index in [9.17, 15) is 0 Å². The van der Waals surface area contributed by atoms with Crippen LogP contribution in [0.2, 0.25) is 0 Å². The lowest BCUT2D eigenvalue weighted by molar-refractivity contribution is 0.136. The Kier molecular flexibility index (Phi) is 3.05. The number of aliphatic hydroxyl groups is 2. The second kappa shape index (κ2) is 2.87. The summed E-state index contributed by atoms with van der Waals surface area (Å²) in [4.78, 5) is 0. The smallest absolute Gasteiger partial charge is 0.166 e. The van der Waals surface area contributed by atoms with Gasteiger partial charge in [-0.3, -0.25) is 0 Å². The van der Waals surface area contributed by atoms with E-state index < -0.39 is 17.0 Å². The fourth-order valence-electron chi connectivity index (χ4n) is 0.132. The summed E-state index contributed by atoms with van der Waals surface area (Å²) in [6, 6.07) is 0. The number of aliphatic hydroxyl groups excluding tert-OH is 2. The zero-order chi connectivity index (χ0) is 6.78. The SMILES string of the molecule is CC(O)C(Cl)(Cl)CO. The summed E-state index contributed by atoms with van der Waals surface area (Å²) < 4.78 is -1.40. The molecule has 1 atom stereocenters. The maximum absolute atomic E-state index is 8.66. The molecular formula is C4H8Cl2O2. The summed E-state index contributed by atoms with van der Waals surface area (Å²) in [6.07, 6.45) is -0.907. The third-order valence-electron chi connectivity index (χ3n) is 0.822. The first-order valence-corrected chi connectivity index (χ1v) is 2.93. The van der Waals surface area contributed by atoms with Gasteiger partial charge in [0.2, 0.25) is 0 Å². The van der Waals surface area contributed by atoms with Gasteiger partial charge in [-0.1, -0.05) is 23.2 Å². The Morgan fingerprint density at radius 1 is 1.62 bits per heavy atom. The lowest BCUT2D eigenvalue weighted by Gasteiger charge is -2.18. The highest BCUT2D eigenvalue weighted by atomic mass is 35.5. The van der Waals surface area contributed by atoms with E-state index in [0.29, 0.717) is 0 Å². The molecule has 0 aliphatic rings. The maximum Gasteiger partial charge on any atom is 0.166 e. The van der Waals surface area contributed by atoms with E-state index >= 15 is 0 Å². The molecular weight excluding hydrogens is 151 g/mol. The highest BCUT2D eigenvalue weighted by Crippen LogP contribution is 2.23. The Bertz CT molecular complexity index is 72.4. The van der Waals surface area contributed by atoms with Crippen LogP contribution in [0, 0.1) is 0 Å². The molecule has 0 amide bonds. The molecule has 0 aliphatic heterocycles. The Morgan fingerprint density at radius 3 is 2.00 bits per heavy atom. The van der Waals surface area contributed by atoms with E-state index in [4.69, 9.17) is 33.4 Å². The highest BCUT2D eigenvalue weighted by Gasteiger charge is 2.28. The van der Waals surface area contributed by atoms with Crippen molar-refractivity contribution in [3.8, 4) is 0 Å². The fraction of sp³-hybridized carbons (Fsp3) is 1.00. The first kappa shape index (κ1) is 8.50. The second-order valence-electron chi connectivity index (χ2n) is 1.60. The first-order valence-electron chi connectivity index (χ1n) is 2.17. The van der Waals surface area contributed by atoms with Crippen molar-refractivity contribution >= 4 is 23.2 Å². The van der Waals surface area contributed by atoms with Crippen molar-refractivity contribution < 1.29 is 10.2 Å². The Labute approximate surface area is 58.0 Å². The predicted molar refractivity (Wildman–Crippen MR) is 33.2 cm³/mol. The summed E-state index contributed by atoms with van der Waals surface area (Å²) in [5.74, 6) is 0. The van der Waals surface area contributed by atoms with Gasteiger partial charge in [0.15, 0.2) is 4.33 Å². The molecule has 1 unspecified atom stereocenters. The van der Waals surface area contributed by atoms with Crippen LogP contribution in [0.1, 0.15) is 6.92 Å². The Morgan fingerprint density at radius 2 is 2.00 bits per heavy atom. The summed E-state index contributed by atoms with van der Waals surface area (Å²) in [6.45, 7) is 0.976. The van der Waals surface area contributed by atoms with Gasteiger partial charge >= 0.3 is 0 Å². The number of halogens is 2. The molecule has 0 saturated carbocycles. The third-order valence-corrected chi connectivity index (χ3v) is 1.69. The molecule has 8 heavy (non-hydrogen) atoms. The van der Waals surface area contributed by atoms with Gasteiger partial charge in [0.05, 0.1) is 12.7 Å². The van der Waals surface area contributed by atoms with Crippen molar-refractivity contribution in [3.05, 3.63) is 0 Å². The molecule has 0 bridgehead atoms. The summed E-state index contributed by atoms with van der Waals surface area (Å²) in [7, 11) is 0. The first-order chi connectivity index (χ1) is 3.50. The summed E-state index contributed by atoms with van der Waals surface area (Å²) in [5, 5.41) is 17.0. The Balaban J connectivity index is 3.71. The number of hydrogen-bond acceptors (Lipinski definition) is 2. The molecule has 0 fully saturated rings. The molecule has 0 spiro atoms. The third kappa shape index (κ3) is 2.18. The van der Waals surface area contributed by atoms with E-state index in [0.717, 1.165) is 0 Å². The molecule has 0 aromatic heterocycles. The maximum atomic E-state index is 8.66. The van der Waals surface area contributed by atoms with Crippen molar-refractivity contribution in [1.82, 2.24) is 0 Å². The van der Waals surface area contributed by atoms with Gasteiger partial charge in [0.1, 0.15) is 0 Å². The molecule has 0 rings (SSSR count). The molecule has 0 aromatic carbocycles. The minimum Gasteiger partial charge on any atom is -0.393 e. The predicted octanol–water partition coefficient (Wildman–Crippen LogP) is 0.533. The minimum absolute atomic E-state index is 0.437. The molecule has 2 nitrogen and oxygen atoms in total. The lowest BCUT2D eigenvalue weighted by atomic mass is 10.3. The van der Waals surface area contributed by atoms with Gasteiger partial charge < -0.3 is 10.2 Å². The van der Waals surface area contributed by atoms with Crippen molar-refractivity contribution in [3.63, 3.8) is 0 Å². The van der Waals surface area contributed by atoms with Crippen LogP contribution < -0.4 is 0 Å². The molecule has 0 heterocycles. The number of hydrogen-bond donors (Lipinski definition) is 2. The van der Waals surface area contributed by atoms with Gasteiger partial charge in [-0.25, -0.2) is 0 Å². The standard InChI is InChI=1S/C4H8Cl2O2/c1-3(8)4(5,6)2-7/h3,7-8H,2H2,1H3. The second-order valence-corrected chi connectivity index (χ2v) is 3.14. The summed E-state index contributed by atoms with van der Waals surface area (Å²) >= 11 is 10.6. The molecule has 50 valence electrons. The van der Waals surface area contributed by atoms with E-state index in [1.165, 1.54) is 6.92 Å². The van der Waals surface area contributed by atoms with Crippen molar-refractivity contribution in [2.45, 2.75) is 17.4 Å². The van der Waals surface area contributed by atoms with Gasteiger partial charge in [-0.15, -0.1) is 0 Å². The normalized spacial score (nSPS) is 16.1. The largest absolute Gasteiger partial charge is 0.393 e. The van der Waals surface area contributed by atoms with Gasteiger partial charge in [-0.2, -0.15) is 0 Å². The van der Waals surface area contributed by atoms with E-state index in [1.807, 2.05) is 0 Å². The van der Waals surface area contributed by atoms with Crippen LogP contribution >= 0.6 is 23.2 Å². The van der Waals surface area contributed by atoms with E-state index in [2.05, 4.69) is 0 Å². The zero-order valence-electron chi connectivity index (χ0n) is 4.43. The molecule has 0 aliphatic carbocycles. The molecule has 0 aromatic rings. The number of alkyl halides is 2. The van der Waals surface area contributed by atoms with Crippen LogP contribution in [-0.2, 0) is 0 Å². The Hall–Kier alpha value is 0.500. The molecule has 4 heteroatoms. The van der Waals surface area contributed by atoms with Gasteiger partial charge in [-0.05, 0) is 6.92 Å². The highest BCUT2D eigenvalue weighted by molar-refractivity contribution is 6.49. The zero-order valence-corrected chi connectivity index (χ0v) is 5.95. The number of rotatable bonds is 2. The average Bonchev–Trinajstić information content (AvgIpc) is 1.67. The minimum atomic E-state index is -1.40. The monoisotopic (exact) mass is 158 g/mol. The van der Waals surface area contributed by atoms with Crippen molar-refractivity contribution in [2.75, 3.05) is 6.61 Å². The van der Waals surface area contributed by atoms with Gasteiger partial charge in [0.25, 0.3) is 0 Å². The average molecular weight is 159 g/mol. The van der Waals surface area contributed by atoms with Gasteiger partial charge in [0, 0.05) is 0 Å². The fourth-order valence-corrected chi connectivity index (χ4v) is 0.132. The van der Waals surface area contributed by atoms with E-state index in [-0.39, 0.29) is 0 Å². The topological polar surface area (TPSA) is 40.5 Å².